The first-order valence-corrected chi connectivity index (χ1v) is 14.0. The van der Waals surface area contributed by atoms with Crippen molar-refractivity contribution in [2.75, 3.05) is 13.2 Å². The Bertz CT molecular complexity index is 1170. The molecule has 2 fully saturated rings. The van der Waals surface area contributed by atoms with Crippen molar-refractivity contribution in [2.45, 2.75) is 83.3 Å². The van der Waals surface area contributed by atoms with E-state index in [1.165, 1.54) is 0 Å². The predicted molar refractivity (Wildman–Crippen MR) is 141 cm³/mol. The minimum absolute atomic E-state index is 0.0142. The Morgan fingerprint density at radius 2 is 1.57 bits per heavy atom. The molecule has 42 heavy (non-hydrogen) atoms. The van der Waals surface area contributed by atoms with E-state index >= 15 is 0 Å². The molecule has 3 atom stereocenters. The number of carbonyl (C=O) groups excluding carboxylic acids is 5. The van der Waals surface area contributed by atoms with Crippen LogP contribution in [0.5, 0.6) is 5.75 Å². The van der Waals surface area contributed by atoms with E-state index in [4.69, 9.17) is 4.74 Å². The molecule has 2 aliphatic rings. The van der Waals surface area contributed by atoms with Crippen molar-refractivity contribution in [3.05, 3.63) is 29.3 Å². The number of Topliss-reactive ketones (excluding diaryl/α,β-unsaturated/α-hetero) is 1. The van der Waals surface area contributed by atoms with E-state index in [2.05, 4.69) is 21.3 Å². The average Bonchev–Trinajstić information content (AvgIpc) is 3.35. The summed E-state index contributed by atoms with van der Waals surface area (Å²) in [5.74, 6) is -13.5. The van der Waals surface area contributed by atoms with Gasteiger partial charge in [-0.3, -0.25) is 24.0 Å². The molecule has 4 amide bonds. The molecule has 4 N–H and O–H groups in total. The quantitative estimate of drug-likeness (QED) is 0.165. The van der Waals surface area contributed by atoms with Crippen LogP contribution >= 0.6 is 0 Å². The number of rotatable bonds is 12. The Kier molecular flexibility index (Phi) is 11.7. The summed E-state index contributed by atoms with van der Waals surface area (Å²) in [5, 5.41) is 10.1. The largest absolute Gasteiger partial charge is 0.479 e. The zero-order valence-electron chi connectivity index (χ0n) is 23.5. The molecule has 0 spiro atoms. The molecule has 0 radical (unpaired) electrons. The highest BCUT2D eigenvalue weighted by molar-refractivity contribution is 6.35. The fourth-order valence-corrected chi connectivity index (χ4v) is 5.04. The zero-order valence-corrected chi connectivity index (χ0v) is 23.5. The molecule has 0 aromatic heterocycles. The maximum absolute atomic E-state index is 14.0. The first-order chi connectivity index (χ1) is 19.9. The van der Waals surface area contributed by atoms with Crippen molar-refractivity contribution >= 4 is 29.4 Å². The SMILES string of the molecule is CC(C)C[C@H](NC(=O)C(=O)NC1CCCCC1)C(=O)N[C@@H](C[C@@H]1CCNC1=O)C(=O)COc1c(F)c(F)cc(F)c1F. The lowest BCUT2D eigenvalue weighted by atomic mass is 9.95. The van der Waals surface area contributed by atoms with Crippen LogP contribution in [0.4, 0.5) is 17.6 Å². The summed E-state index contributed by atoms with van der Waals surface area (Å²) in [4.78, 5) is 63.7. The van der Waals surface area contributed by atoms with Crippen molar-refractivity contribution in [1.82, 2.24) is 21.3 Å². The van der Waals surface area contributed by atoms with E-state index in [1.54, 1.807) is 13.8 Å². The number of ether oxygens (including phenoxy) is 1. The number of nitrogens with one attached hydrogen (secondary N) is 4. The molecule has 3 rings (SSSR count). The van der Waals surface area contributed by atoms with Crippen molar-refractivity contribution < 1.29 is 46.3 Å². The van der Waals surface area contributed by atoms with Gasteiger partial charge in [0.2, 0.25) is 23.4 Å². The van der Waals surface area contributed by atoms with Gasteiger partial charge in [0.05, 0.1) is 6.04 Å². The van der Waals surface area contributed by atoms with E-state index in [0.29, 0.717) is 13.0 Å². The lowest BCUT2D eigenvalue weighted by molar-refractivity contribution is -0.141. The van der Waals surface area contributed by atoms with Gasteiger partial charge in [-0.2, -0.15) is 8.78 Å². The molecule has 10 nitrogen and oxygen atoms in total. The van der Waals surface area contributed by atoms with Gasteiger partial charge < -0.3 is 26.0 Å². The smallest absolute Gasteiger partial charge is 0.309 e. The van der Waals surface area contributed by atoms with Crippen molar-refractivity contribution in [3.8, 4) is 5.75 Å². The van der Waals surface area contributed by atoms with Crippen LogP contribution in [-0.4, -0.2) is 60.7 Å². The van der Waals surface area contributed by atoms with Crippen molar-refractivity contribution in [3.63, 3.8) is 0 Å². The summed E-state index contributed by atoms with van der Waals surface area (Å²) in [6.45, 7) is 2.78. The highest BCUT2D eigenvalue weighted by atomic mass is 19.2. The van der Waals surface area contributed by atoms with Gasteiger partial charge in [0.25, 0.3) is 0 Å². The molecule has 0 unspecified atom stereocenters. The Hall–Kier alpha value is -3.71. The predicted octanol–water partition coefficient (Wildman–Crippen LogP) is 2.18. The Labute approximate surface area is 240 Å². The third-order valence-electron chi connectivity index (χ3n) is 7.29. The molecule has 1 aliphatic heterocycles. The zero-order chi connectivity index (χ0) is 31.0. The Balaban J connectivity index is 1.73. The molecule has 0 bridgehead atoms. The molecule has 1 aromatic carbocycles. The number of carbonyl (C=O) groups is 5. The Morgan fingerprint density at radius 3 is 2.14 bits per heavy atom. The number of ketones is 1. The third-order valence-corrected chi connectivity index (χ3v) is 7.29. The van der Waals surface area contributed by atoms with Crippen LogP contribution in [0.1, 0.15) is 65.2 Å². The van der Waals surface area contributed by atoms with Gasteiger partial charge in [0.15, 0.2) is 23.2 Å². The van der Waals surface area contributed by atoms with Gasteiger partial charge in [0.1, 0.15) is 12.6 Å². The normalized spacial score (nSPS) is 18.6. The summed E-state index contributed by atoms with van der Waals surface area (Å²) in [7, 11) is 0. The van der Waals surface area contributed by atoms with E-state index in [0.717, 1.165) is 32.1 Å². The average molecular weight is 601 g/mol. The number of benzene rings is 1. The highest BCUT2D eigenvalue weighted by Crippen LogP contribution is 2.27. The number of hydrogen-bond acceptors (Lipinski definition) is 6. The van der Waals surface area contributed by atoms with Gasteiger partial charge >= 0.3 is 11.8 Å². The van der Waals surface area contributed by atoms with E-state index in [1.807, 2.05) is 0 Å². The summed E-state index contributed by atoms with van der Waals surface area (Å²) in [5.41, 5.74) is 0. The van der Waals surface area contributed by atoms with Gasteiger partial charge in [-0.25, -0.2) is 8.78 Å². The highest BCUT2D eigenvalue weighted by Gasteiger charge is 2.34. The maximum atomic E-state index is 14.0. The van der Waals surface area contributed by atoms with Gasteiger partial charge in [-0.15, -0.1) is 0 Å². The Morgan fingerprint density at radius 1 is 0.929 bits per heavy atom. The first kappa shape index (κ1) is 32.8. The molecule has 232 valence electrons. The minimum atomic E-state index is -1.84. The molecule has 14 heteroatoms. The maximum Gasteiger partial charge on any atom is 0.309 e. The monoisotopic (exact) mass is 600 g/mol. The van der Waals surface area contributed by atoms with Gasteiger partial charge in [-0.1, -0.05) is 33.1 Å². The van der Waals surface area contributed by atoms with Gasteiger partial charge in [0, 0.05) is 24.6 Å². The van der Waals surface area contributed by atoms with E-state index in [-0.39, 0.29) is 36.8 Å². The second-order valence-corrected chi connectivity index (χ2v) is 11.1. The van der Waals surface area contributed by atoms with Gasteiger partial charge in [-0.05, 0) is 38.0 Å². The topological polar surface area (TPSA) is 143 Å². The van der Waals surface area contributed by atoms with Crippen LogP contribution in [0.25, 0.3) is 0 Å². The number of hydrogen-bond donors (Lipinski definition) is 4. The van der Waals surface area contributed by atoms with Crippen LogP contribution in [-0.2, 0) is 24.0 Å². The molecule has 1 aliphatic carbocycles. The summed E-state index contributed by atoms with van der Waals surface area (Å²) in [6, 6.07) is -2.83. The summed E-state index contributed by atoms with van der Waals surface area (Å²) >= 11 is 0. The van der Waals surface area contributed by atoms with E-state index in [9.17, 15) is 41.5 Å². The lowest BCUT2D eigenvalue weighted by Crippen LogP contribution is -2.56. The molecule has 1 heterocycles. The summed E-state index contributed by atoms with van der Waals surface area (Å²) < 4.78 is 60.0. The fourth-order valence-electron chi connectivity index (χ4n) is 5.04. The van der Waals surface area contributed by atoms with E-state index < -0.39 is 77.1 Å². The number of amides is 4. The van der Waals surface area contributed by atoms with Crippen molar-refractivity contribution in [2.24, 2.45) is 11.8 Å². The molecule has 1 aromatic rings. The second kappa shape index (κ2) is 15.0. The first-order valence-electron chi connectivity index (χ1n) is 14.0. The minimum Gasteiger partial charge on any atom is -0.479 e. The van der Waals surface area contributed by atoms with Crippen LogP contribution < -0.4 is 26.0 Å². The molecule has 1 saturated heterocycles. The second-order valence-electron chi connectivity index (χ2n) is 11.1. The molecular weight excluding hydrogens is 564 g/mol. The van der Waals surface area contributed by atoms with Crippen LogP contribution in [0.3, 0.4) is 0 Å². The van der Waals surface area contributed by atoms with Crippen LogP contribution in [0.15, 0.2) is 6.07 Å². The van der Waals surface area contributed by atoms with Crippen LogP contribution in [0.2, 0.25) is 0 Å². The van der Waals surface area contributed by atoms with Crippen LogP contribution in [0, 0.1) is 35.1 Å². The molecular formula is C28H36F4N4O6. The molecule has 1 saturated carbocycles. The fraction of sp³-hybridized carbons (Fsp3) is 0.607. The summed E-state index contributed by atoms with van der Waals surface area (Å²) in [6.07, 6.45) is 4.60. The number of halogens is 4. The standard InChI is InChI=1S/C28H36F4N4O6/c1-14(2)10-20(36-28(41)27(40)34-16-6-4-3-5-7-16)26(39)35-19(11-15-8-9-33-25(15)38)21(37)13-42-24-22(31)17(29)12-18(30)23(24)32/h12,14-16,19-20H,3-11,13H2,1-2H3,(H,33,38)(H,34,40)(H,35,39)(H,36,41)/t15-,19-,20-/m0/s1. The van der Waals surface area contributed by atoms with Crippen molar-refractivity contribution in [1.29, 1.82) is 0 Å². The third kappa shape index (κ3) is 8.89. The lowest BCUT2D eigenvalue weighted by Gasteiger charge is -2.26.